The lowest BCUT2D eigenvalue weighted by molar-refractivity contribution is 0.509. The van der Waals surface area contributed by atoms with Crippen molar-refractivity contribution in [3.05, 3.63) is 45.7 Å². The second-order valence-electron chi connectivity index (χ2n) is 2.67. The molecule has 0 aliphatic carbocycles. The van der Waals surface area contributed by atoms with Gasteiger partial charge in [-0.05, 0) is 17.7 Å². The Kier molecular flexibility index (Phi) is 2.17. The topological polar surface area (TPSA) is 32.9 Å². The van der Waals surface area contributed by atoms with Gasteiger partial charge in [-0.1, -0.05) is 17.4 Å². The van der Waals surface area contributed by atoms with Crippen molar-refractivity contribution in [2.24, 2.45) is 0 Å². The van der Waals surface area contributed by atoms with Crippen molar-refractivity contribution in [3.8, 4) is 10.4 Å². The Morgan fingerprint density at radius 2 is 2.00 bits per heavy atom. The summed E-state index contributed by atoms with van der Waals surface area (Å²) in [5.74, 6) is -1.81. The minimum Gasteiger partial charge on any atom is -0.319 e. The molecule has 72 valence electrons. The van der Waals surface area contributed by atoms with Crippen LogP contribution in [-0.4, -0.2) is 4.98 Å². The van der Waals surface area contributed by atoms with Crippen LogP contribution in [0.5, 0.6) is 0 Å². The van der Waals surface area contributed by atoms with Crippen LogP contribution in [0.25, 0.3) is 10.4 Å². The number of thiazole rings is 1. The van der Waals surface area contributed by atoms with E-state index in [0.717, 1.165) is 23.5 Å². The molecule has 1 heterocycles. The first-order chi connectivity index (χ1) is 6.66. The van der Waals surface area contributed by atoms with Gasteiger partial charge in [0.25, 0.3) is 0 Å². The van der Waals surface area contributed by atoms with Crippen LogP contribution in [-0.2, 0) is 0 Å². The number of benzene rings is 1. The SMILES string of the molecule is O=c1[nH]cc(-c2ccc(F)c(F)c2)s1. The van der Waals surface area contributed by atoms with E-state index in [2.05, 4.69) is 4.98 Å². The number of nitrogens with one attached hydrogen (secondary N) is 1. The van der Waals surface area contributed by atoms with Gasteiger partial charge in [0.05, 0.1) is 4.88 Å². The highest BCUT2D eigenvalue weighted by Crippen LogP contribution is 2.22. The van der Waals surface area contributed by atoms with E-state index in [1.807, 2.05) is 0 Å². The summed E-state index contributed by atoms with van der Waals surface area (Å²) in [5.41, 5.74) is 0.493. The van der Waals surface area contributed by atoms with E-state index in [9.17, 15) is 13.6 Å². The summed E-state index contributed by atoms with van der Waals surface area (Å²) in [5, 5.41) is 0. The summed E-state index contributed by atoms with van der Waals surface area (Å²) in [6.45, 7) is 0. The fraction of sp³-hybridized carbons (Fsp3) is 0. The molecule has 0 saturated heterocycles. The molecule has 5 heteroatoms. The average Bonchev–Trinajstić information content (AvgIpc) is 2.57. The third-order valence-electron chi connectivity index (χ3n) is 1.73. The molecule has 0 bridgehead atoms. The summed E-state index contributed by atoms with van der Waals surface area (Å²) >= 11 is 0.955. The van der Waals surface area contributed by atoms with Crippen LogP contribution in [0.15, 0.2) is 29.2 Å². The number of H-pyrrole nitrogens is 1. The second kappa shape index (κ2) is 3.34. The van der Waals surface area contributed by atoms with E-state index in [1.165, 1.54) is 12.3 Å². The summed E-state index contributed by atoms with van der Waals surface area (Å²) in [6, 6.07) is 3.53. The van der Waals surface area contributed by atoms with Crippen LogP contribution < -0.4 is 4.87 Å². The van der Waals surface area contributed by atoms with Gasteiger partial charge >= 0.3 is 4.87 Å². The first-order valence-electron chi connectivity index (χ1n) is 3.81. The van der Waals surface area contributed by atoms with Gasteiger partial charge in [-0.2, -0.15) is 0 Å². The maximum Gasteiger partial charge on any atom is 0.305 e. The van der Waals surface area contributed by atoms with Crippen molar-refractivity contribution in [2.45, 2.75) is 0 Å². The van der Waals surface area contributed by atoms with Crippen LogP contribution in [0.2, 0.25) is 0 Å². The summed E-state index contributed by atoms with van der Waals surface area (Å²) < 4.78 is 25.4. The summed E-state index contributed by atoms with van der Waals surface area (Å²) in [6.07, 6.45) is 1.47. The Labute approximate surface area is 81.8 Å². The monoisotopic (exact) mass is 213 g/mol. The Bertz CT molecular complexity index is 518. The fourth-order valence-corrected chi connectivity index (χ4v) is 1.76. The normalized spacial score (nSPS) is 10.4. The van der Waals surface area contributed by atoms with Gasteiger partial charge in [0.2, 0.25) is 0 Å². The van der Waals surface area contributed by atoms with Crippen LogP contribution in [0.1, 0.15) is 0 Å². The molecule has 1 aromatic carbocycles. The predicted octanol–water partition coefficient (Wildman–Crippen LogP) is 2.38. The molecule has 14 heavy (non-hydrogen) atoms. The number of rotatable bonds is 1. The smallest absolute Gasteiger partial charge is 0.305 e. The molecule has 2 aromatic rings. The molecule has 1 aromatic heterocycles. The molecule has 1 N–H and O–H groups in total. The Balaban J connectivity index is 2.52. The van der Waals surface area contributed by atoms with E-state index in [0.29, 0.717) is 10.4 Å². The van der Waals surface area contributed by atoms with Gasteiger partial charge in [0.1, 0.15) is 0 Å². The van der Waals surface area contributed by atoms with Crippen molar-refractivity contribution in [1.29, 1.82) is 0 Å². The number of aromatic amines is 1. The zero-order valence-corrected chi connectivity index (χ0v) is 7.70. The van der Waals surface area contributed by atoms with Gasteiger partial charge in [-0.25, -0.2) is 8.78 Å². The highest BCUT2D eigenvalue weighted by molar-refractivity contribution is 7.12. The first-order valence-corrected chi connectivity index (χ1v) is 4.62. The van der Waals surface area contributed by atoms with Gasteiger partial charge in [-0.3, -0.25) is 4.79 Å². The van der Waals surface area contributed by atoms with Crippen molar-refractivity contribution < 1.29 is 8.78 Å². The van der Waals surface area contributed by atoms with Crippen molar-refractivity contribution >= 4 is 11.3 Å². The van der Waals surface area contributed by atoms with Crippen molar-refractivity contribution in [3.63, 3.8) is 0 Å². The van der Waals surface area contributed by atoms with Crippen LogP contribution in [0.4, 0.5) is 8.78 Å². The number of halogens is 2. The van der Waals surface area contributed by atoms with Crippen molar-refractivity contribution in [1.82, 2.24) is 4.98 Å². The van der Waals surface area contributed by atoms with Gasteiger partial charge in [0, 0.05) is 6.20 Å². The quantitative estimate of drug-likeness (QED) is 0.775. The molecule has 0 aliphatic heterocycles. The molecule has 0 spiro atoms. The van der Waals surface area contributed by atoms with E-state index in [4.69, 9.17) is 0 Å². The molecule has 0 atom stereocenters. The Morgan fingerprint density at radius 3 is 2.57 bits per heavy atom. The minimum atomic E-state index is -0.914. The fourth-order valence-electron chi connectivity index (χ4n) is 1.07. The van der Waals surface area contributed by atoms with Gasteiger partial charge in [-0.15, -0.1) is 0 Å². The van der Waals surface area contributed by atoms with E-state index < -0.39 is 11.6 Å². The molecule has 0 amide bonds. The highest BCUT2D eigenvalue weighted by Gasteiger charge is 2.05. The first kappa shape index (κ1) is 9.08. The molecule has 0 aliphatic rings. The van der Waals surface area contributed by atoms with Crippen LogP contribution >= 0.6 is 11.3 Å². The lowest BCUT2D eigenvalue weighted by Crippen LogP contribution is -1.88. The van der Waals surface area contributed by atoms with Gasteiger partial charge in [0.15, 0.2) is 11.6 Å². The third-order valence-corrected chi connectivity index (χ3v) is 2.60. The molecular formula is C9H5F2NOS. The Hall–Kier alpha value is -1.49. The maximum absolute atomic E-state index is 12.8. The van der Waals surface area contributed by atoms with Crippen molar-refractivity contribution in [2.75, 3.05) is 0 Å². The molecule has 2 nitrogen and oxygen atoms in total. The minimum absolute atomic E-state index is 0.218. The lowest BCUT2D eigenvalue weighted by Gasteiger charge is -1.96. The second-order valence-corrected chi connectivity index (χ2v) is 3.69. The summed E-state index contributed by atoms with van der Waals surface area (Å²) in [7, 11) is 0. The number of hydrogen-bond acceptors (Lipinski definition) is 2. The van der Waals surface area contributed by atoms with E-state index in [-0.39, 0.29) is 4.87 Å². The molecule has 0 unspecified atom stereocenters. The predicted molar refractivity (Wildman–Crippen MR) is 50.3 cm³/mol. The maximum atomic E-state index is 12.8. The molecule has 2 rings (SSSR count). The van der Waals surface area contributed by atoms with Crippen LogP contribution in [0.3, 0.4) is 0 Å². The number of aromatic nitrogens is 1. The van der Waals surface area contributed by atoms with E-state index >= 15 is 0 Å². The molecular weight excluding hydrogens is 208 g/mol. The molecule has 0 radical (unpaired) electrons. The molecule has 0 saturated carbocycles. The molecule has 0 fully saturated rings. The van der Waals surface area contributed by atoms with Crippen LogP contribution in [0, 0.1) is 11.6 Å². The van der Waals surface area contributed by atoms with E-state index in [1.54, 1.807) is 0 Å². The third kappa shape index (κ3) is 1.58. The van der Waals surface area contributed by atoms with Gasteiger partial charge < -0.3 is 4.98 Å². The average molecular weight is 213 g/mol. The standard InChI is InChI=1S/C9H5F2NOS/c10-6-2-1-5(3-7(6)11)8-4-12-9(13)14-8/h1-4H,(H,12,13). The largest absolute Gasteiger partial charge is 0.319 e. The zero-order valence-electron chi connectivity index (χ0n) is 6.88. The zero-order chi connectivity index (χ0) is 10.1. The number of hydrogen-bond donors (Lipinski definition) is 1. The Morgan fingerprint density at radius 1 is 1.21 bits per heavy atom. The lowest BCUT2D eigenvalue weighted by atomic mass is 10.2. The summed E-state index contributed by atoms with van der Waals surface area (Å²) in [4.78, 5) is 13.6. The highest BCUT2D eigenvalue weighted by atomic mass is 32.1.